The Kier molecular flexibility index (Phi) is 5.30. The van der Waals surface area contributed by atoms with E-state index in [0.717, 1.165) is 11.1 Å². The van der Waals surface area contributed by atoms with Gasteiger partial charge in [-0.2, -0.15) is 0 Å². The lowest BCUT2D eigenvalue weighted by Gasteiger charge is -2.36. The molecule has 0 bridgehead atoms. The van der Waals surface area contributed by atoms with Gasteiger partial charge in [0.05, 0.1) is 0 Å². The van der Waals surface area contributed by atoms with Gasteiger partial charge >= 0.3 is 0 Å². The molecule has 8 heteroatoms. The molecule has 2 atom stereocenters. The average Bonchev–Trinajstić information content (AvgIpc) is 2.42. The molecule has 22 heavy (non-hydrogen) atoms. The molecule has 0 saturated carbocycles. The molecule has 1 heterocycles. The summed E-state index contributed by atoms with van der Waals surface area (Å²) in [6.45, 7) is 5.70. The van der Waals surface area contributed by atoms with Gasteiger partial charge in [0.15, 0.2) is 5.84 Å². The van der Waals surface area contributed by atoms with Crippen molar-refractivity contribution < 1.29 is 0 Å². The maximum absolute atomic E-state index is 6.09. The van der Waals surface area contributed by atoms with E-state index in [1.807, 2.05) is 32.0 Å². The van der Waals surface area contributed by atoms with E-state index in [1.54, 1.807) is 6.92 Å². The molecule has 120 valence electrons. The fraction of sp³-hybridized carbons (Fsp3) is 0.429. The van der Waals surface area contributed by atoms with Crippen molar-refractivity contribution in [2.45, 2.75) is 36.6 Å². The first kappa shape index (κ1) is 17.8. The number of aliphatic imine (C=N–C) groups is 2. The highest BCUT2D eigenvalue weighted by Crippen LogP contribution is 2.34. The number of halogens is 4. The van der Waals surface area contributed by atoms with Gasteiger partial charge in [-0.3, -0.25) is 5.01 Å². The summed E-state index contributed by atoms with van der Waals surface area (Å²) in [5.74, 6) is 6.74. The van der Waals surface area contributed by atoms with Crippen LogP contribution in [0.5, 0.6) is 0 Å². The Morgan fingerprint density at radius 3 is 2.45 bits per heavy atom. The molecule has 2 rings (SSSR count). The third kappa shape index (κ3) is 3.69. The van der Waals surface area contributed by atoms with Crippen LogP contribution in [0, 0.1) is 6.92 Å². The third-order valence-corrected chi connectivity index (χ3v) is 4.46. The Labute approximate surface area is 149 Å². The minimum absolute atomic E-state index is 0.0335. The molecule has 0 amide bonds. The monoisotopic (exact) mass is 380 g/mol. The summed E-state index contributed by atoms with van der Waals surface area (Å²) < 4.78 is -1.71. The van der Waals surface area contributed by atoms with Crippen LogP contribution >= 0.6 is 46.4 Å². The number of benzene rings is 1. The quantitative estimate of drug-likeness (QED) is 0.607. The van der Waals surface area contributed by atoms with Crippen molar-refractivity contribution in [3.63, 3.8) is 0 Å². The number of hydrogen-bond donors (Lipinski definition) is 1. The smallest absolute Gasteiger partial charge is 0.249 e. The minimum Gasteiger partial charge on any atom is -0.269 e. The van der Waals surface area contributed by atoms with E-state index in [4.69, 9.17) is 52.2 Å². The van der Waals surface area contributed by atoms with Gasteiger partial charge < -0.3 is 0 Å². The molecule has 2 unspecified atom stereocenters. The Morgan fingerprint density at radius 2 is 1.91 bits per heavy atom. The molecule has 0 saturated heterocycles. The van der Waals surface area contributed by atoms with Crippen LogP contribution in [0.4, 0.5) is 0 Å². The second-order valence-corrected chi connectivity index (χ2v) is 7.92. The second-order valence-electron chi connectivity index (χ2n) is 5.23. The third-order valence-electron chi connectivity index (χ3n) is 3.52. The fourth-order valence-corrected chi connectivity index (χ4v) is 2.84. The number of aryl methyl sites for hydroxylation is 1. The molecule has 4 nitrogen and oxygen atoms in total. The molecule has 1 aliphatic heterocycles. The number of alkyl halides is 3. The first-order chi connectivity index (χ1) is 10.1. The fourth-order valence-electron chi connectivity index (χ4n) is 2.30. The van der Waals surface area contributed by atoms with Gasteiger partial charge in [0.1, 0.15) is 12.0 Å². The van der Waals surface area contributed by atoms with E-state index in [1.165, 1.54) is 5.01 Å². The lowest BCUT2D eigenvalue weighted by molar-refractivity contribution is 0.285. The Balaban J connectivity index is 2.36. The Morgan fingerprint density at radius 1 is 1.27 bits per heavy atom. The van der Waals surface area contributed by atoms with E-state index in [9.17, 15) is 0 Å². The molecule has 0 aromatic heterocycles. The number of nitrogens with two attached hydrogens (primary N) is 1. The molecule has 1 aromatic rings. The minimum atomic E-state index is -1.71. The van der Waals surface area contributed by atoms with Gasteiger partial charge in [-0.15, -0.1) is 0 Å². The number of hydrogen-bond acceptors (Lipinski definition) is 4. The summed E-state index contributed by atoms with van der Waals surface area (Å²) in [6, 6.07) is 5.80. The first-order valence-electron chi connectivity index (χ1n) is 6.61. The van der Waals surface area contributed by atoms with Crippen molar-refractivity contribution in [1.82, 2.24) is 5.01 Å². The lowest BCUT2D eigenvalue weighted by atomic mass is 9.96. The molecule has 1 aromatic carbocycles. The lowest BCUT2D eigenvalue weighted by Crippen LogP contribution is -2.53. The van der Waals surface area contributed by atoms with Crippen molar-refractivity contribution in [3.05, 3.63) is 34.3 Å². The molecular weight excluding hydrogens is 366 g/mol. The zero-order valence-corrected chi connectivity index (χ0v) is 15.3. The van der Waals surface area contributed by atoms with Crippen molar-refractivity contribution >= 4 is 58.1 Å². The van der Waals surface area contributed by atoms with Crippen LogP contribution in [-0.4, -0.2) is 26.6 Å². The maximum Gasteiger partial charge on any atom is 0.249 e. The second kappa shape index (κ2) is 6.54. The molecule has 1 aliphatic rings. The number of rotatable bonds is 2. The molecule has 0 radical (unpaired) electrons. The van der Waals surface area contributed by atoms with E-state index < -0.39 is 9.96 Å². The van der Waals surface area contributed by atoms with Gasteiger partial charge in [0.25, 0.3) is 0 Å². The van der Waals surface area contributed by atoms with Crippen LogP contribution in [0.1, 0.15) is 30.9 Å². The highest BCUT2D eigenvalue weighted by Gasteiger charge is 2.39. The topological polar surface area (TPSA) is 54.0 Å². The zero-order valence-electron chi connectivity index (χ0n) is 12.3. The van der Waals surface area contributed by atoms with Crippen LogP contribution in [0.3, 0.4) is 0 Å². The molecular formula is C14H16Cl4N4. The summed E-state index contributed by atoms with van der Waals surface area (Å²) >= 11 is 23.9. The van der Waals surface area contributed by atoms with E-state index in [-0.39, 0.29) is 11.8 Å². The summed E-state index contributed by atoms with van der Waals surface area (Å²) in [6.07, 6.45) is -0.413. The SMILES string of the molecule is CC1=NC(C(C)c2ccc(Cl)c(C)c2)N(N)C(C(Cl)(Cl)Cl)=N1. The number of nitrogens with zero attached hydrogens (tertiary/aromatic N) is 3. The number of amidine groups is 2. The van der Waals surface area contributed by atoms with Crippen molar-refractivity contribution in [2.24, 2.45) is 15.8 Å². The summed E-state index contributed by atoms with van der Waals surface area (Å²) in [5.41, 5.74) is 2.03. The summed E-state index contributed by atoms with van der Waals surface area (Å²) in [4.78, 5) is 8.62. The maximum atomic E-state index is 6.09. The van der Waals surface area contributed by atoms with Crippen molar-refractivity contribution in [3.8, 4) is 0 Å². The van der Waals surface area contributed by atoms with E-state index >= 15 is 0 Å². The molecule has 0 fully saturated rings. The van der Waals surface area contributed by atoms with E-state index in [0.29, 0.717) is 10.9 Å². The van der Waals surface area contributed by atoms with Crippen LogP contribution in [0.2, 0.25) is 5.02 Å². The van der Waals surface area contributed by atoms with Crippen LogP contribution in [0.25, 0.3) is 0 Å². The zero-order chi connectivity index (χ0) is 16.7. The highest BCUT2D eigenvalue weighted by atomic mass is 35.6. The highest BCUT2D eigenvalue weighted by molar-refractivity contribution is 6.76. The van der Waals surface area contributed by atoms with E-state index in [2.05, 4.69) is 9.98 Å². The molecule has 0 aliphatic carbocycles. The van der Waals surface area contributed by atoms with Crippen LogP contribution < -0.4 is 5.84 Å². The average molecular weight is 382 g/mol. The van der Waals surface area contributed by atoms with Gasteiger partial charge in [-0.1, -0.05) is 65.5 Å². The summed E-state index contributed by atoms with van der Waals surface area (Å²) in [5, 5.41) is 2.03. The molecule has 2 N–H and O–H groups in total. The Hall–Kier alpha value is -0.520. The standard InChI is InChI=1S/C14H16Cl4N4/c1-7-6-10(4-5-11(7)15)8(2)12-20-9(3)21-13(22(12)19)14(16,17)18/h4-6,8,12H,19H2,1-3H3. The van der Waals surface area contributed by atoms with Gasteiger partial charge in [0.2, 0.25) is 3.79 Å². The van der Waals surface area contributed by atoms with Gasteiger partial charge in [-0.25, -0.2) is 15.8 Å². The van der Waals surface area contributed by atoms with Gasteiger partial charge in [-0.05, 0) is 31.0 Å². The normalized spacial score (nSPS) is 20.5. The predicted molar refractivity (Wildman–Crippen MR) is 95.3 cm³/mol. The predicted octanol–water partition coefficient (Wildman–Crippen LogP) is 4.45. The van der Waals surface area contributed by atoms with Gasteiger partial charge in [0, 0.05) is 10.9 Å². The van der Waals surface area contributed by atoms with Crippen molar-refractivity contribution in [1.29, 1.82) is 0 Å². The first-order valence-corrected chi connectivity index (χ1v) is 8.12. The summed E-state index contributed by atoms with van der Waals surface area (Å²) in [7, 11) is 0. The molecule has 0 spiro atoms. The number of hydrazine groups is 1. The van der Waals surface area contributed by atoms with Crippen LogP contribution in [-0.2, 0) is 0 Å². The Bertz CT molecular complexity index is 636. The van der Waals surface area contributed by atoms with Crippen molar-refractivity contribution in [2.75, 3.05) is 0 Å². The largest absolute Gasteiger partial charge is 0.269 e. The van der Waals surface area contributed by atoms with Crippen LogP contribution in [0.15, 0.2) is 28.2 Å².